The van der Waals surface area contributed by atoms with Crippen LogP contribution in [0.2, 0.25) is 0 Å². The van der Waals surface area contributed by atoms with Gasteiger partial charge in [0.25, 0.3) is 0 Å². The van der Waals surface area contributed by atoms with Crippen molar-refractivity contribution in [3.63, 3.8) is 0 Å². The Kier molecular flexibility index (Phi) is 5.60. The van der Waals surface area contributed by atoms with Crippen LogP contribution < -0.4 is 10.1 Å². The average Bonchev–Trinajstić information content (AvgIpc) is 2.25. The van der Waals surface area contributed by atoms with E-state index in [0.717, 1.165) is 12.1 Å². The van der Waals surface area contributed by atoms with E-state index in [-0.39, 0.29) is 12.1 Å². The van der Waals surface area contributed by atoms with Crippen molar-refractivity contribution in [3.05, 3.63) is 28.2 Å². The molecule has 0 amide bonds. The normalized spacial score (nSPS) is 15.1. The number of likely N-dealkylation sites (N-methyl/N-ethyl adjacent to an activating group) is 1. The molecule has 0 radical (unpaired) electrons. The first-order valence-electron chi connectivity index (χ1n) is 5.30. The van der Waals surface area contributed by atoms with Gasteiger partial charge in [-0.1, -0.05) is 15.9 Å². The first kappa shape index (κ1) is 16.2. The molecule has 0 heterocycles. The number of aliphatic hydroxyl groups is 2. The predicted octanol–water partition coefficient (Wildman–Crippen LogP) is 1.96. The smallest absolute Gasteiger partial charge is 0.406 e. The summed E-state index contributed by atoms with van der Waals surface area (Å²) in [6, 6.07) is 3.56. The summed E-state index contributed by atoms with van der Waals surface area (Å²) in [6.45, 7) is 0.100. The van der Waals surface area contributed by atoms with Gasteiger partial charge in [-0.25, -0.2) is 0 Å². The van der Waals surface area contributed by atoms with Crippen LogP contribution in [-0.2, 0) is 0 Å². The van der Waals surface area contributed by atoms with E-state index < -0.39 is 24.3 Å². The molecule has 1 rings (SSSR count). The number of aliphatic hydroxyl groups excluding tert-OH is 2. The summed E-state index contributed by atoms with van der Waals surface area (Å²) < 4.78 is 40.5. The van der Waals surface area contributed by atoms with Gasteiger partial charge < -0.3 is 20.3 Å². The molecule has 2 unspecified atom stereocenters. The molecule has 1 aromatic carbocycles. The minimum Gasteiger partial charge on any atom is -0.406 e. The van der Waals surface area contributed by atoms with Crippen LogP contribution in [0, 0.1) is 0 Å². The molecule has 0 fully saturated rings. The SMILES string of the molecule is CNCC(O)C(O)c1cc(Br)cc(OC(F)(F)F)c1. The van der Waals surface area contributed by atoms with E-state index in [4.69, 9.17) is 0 Å². The highest BCUT2D eigenvalue weighted by Crippen LogP contribution is 2.30. The zero-order valence-corrected chi connectivity index (χ0v) is 11.5. The number of ether oxygens (including phenoxy) is 1. The van der Waals surface area contributed by atoms with Crippen LogP contribution >= 0.6 is 15.9 Å². The summed E-state index contributed by atoms with van der Waals surface area (Å²) in [5.74, 6) is -0.465. The highest BCUT2D eigenvalue weighted by Gasteiger charge is 2.31. The molecule has 2 atom stereocenters. The Morgan fingerprint density at radius 3 is 2.47 bits per heavy atom. The number of nitrogens with one attached hydrogen (secondary N) is 1. The maximum atomic E-state index is 12.1. The van der Waals surface area contributed by atoms with Crippen molar-refractivity contribution in [1.82, 2.24) is 5.32 Å². The average molecular weight is 344 g/mol. The molecule has 3 N–H and O–H groups in total. The van der Waals surface area contributed by atoms with Crippen LogP contribution in [-0.4, -0.2) is 36.3 Å². The molecular weight excluding hydrogens is 331 g/mol. The monoisotopic (exact) mass is 343 g/mol. The van der Waals surface area contributed by atoms with Gasteiger partial charge in [-0.15, -0.1) is 13.2 Å². The molecule has 0 saturated heterocycles. The van der Waals surface area contributed by atoms with Gasteiger partial charge in [0.1, 0.15) is 11.9 Å². The van der Waals surface area contributed by atoms with Gasteiger partial charge in [0.15, 0.2) is 0 Å². The lowest BCUT2D eigenvalue weighted by Gasteiger charge is -2.19. The van der Waals surface area contributed by atoms with Crippen molar-refractivity contribution < 1.29 is 28.1 Å². The van der Waals surface area contributed by atoms with Crippen molar-refractivity contribution in [2.45, 2.75) is 18.6 Å². The van der Waals surface area contributed by atoms with Crippen molar-refractivity contribution in [3.8, 4) is 5.75 Å². The quantitative estimate of drug-likeness (QED) is 0.764. The third kappa shape index (κ3) is 5.35. The molecule has 0 aliphatic heterocycles. The van der Waals surface area contributed by atoms with Gasteiger partial charge in [-0.3, -0.25) is 0 Å². The minimum absolute atomic E-state index is 0.100. The molecule has 0 bridgehead atoms. The van der Waals surface area contributed by atoms with E-state index in [0.29, 0.717) is 4.47 Å². The topological polar surface area (TPSA) is 61.7 Å². The summed E-state index contributed by atoms with van der Waals surface area (Å²) in [7, 11) is 1.58. The Morgan fingerprint density at radius 1 is 1.32 bits per heavy atom. The van der Waals surface area contributed by atoms with E-state index >= 15 is 0 Å². The fraction of sp³-hybridized carbons (Fsp3) is 0.455. The molecule has 19 heavy (non-hydrogen) atoms. The largest absolute Gasteiger partial charge is 0.573 e. The lowest BCUT2D eigenvalue weighted by molar-refractivity contribution is -0.274. The van der Waals surface area contributed by atoms with E-state index in [1.807, 2.05) is 0 Å². The second-order valence-corrected chi connectivity index (χ2v) is 4.75. The van der Waals surface area contributed by atoms with Crippen molar-refractivity contribution >= 4 is 15.9 Å². The lowest BCUT2D eigenvalue weighted by Crippen LogP contribution is -2.29. The lowest BCUT2D eigenvalue weighted by atomic mass is 10.0. The van der Waals surface area contributed by atoms with Crippen LogP contribution in [0.15, 0.2) is 22.7 Å². The molecule has 0 aliphatic rings. The van der Waals surface area contributed by atoms with Crippen LogP contribution in [0.5, 0.6) is 5.75 Å². The number of alkyl halides is 3. The summed E-state index contributed by atoms with van der Waals surface area (Å²) >= 11 is 3.02. The third-order valence-corrected chi connectivity index (χ3v) is 2.70. The van der Waals surface area contributed by atoms with Gasteiger partial charge in [0.05, 0.1) is 6.10 Å². The van der Waals surface area contributed by atoms with Crippen LogP contribution in [0.25, 0.3) is 0 Å². The molecule has 0 spiro atoms. The van der Waals surface area contributed by atoms with Crippen LogP contribution in [0.3, 0.4) is 0 Å². The number of rotatable bonds is 5. The fourth-order valence-electron chi connectivity index (χ4n) is 1.49. The zero-order valence-electron chi connectivity index (χ0n) is 9.91. The fourth-order valence-corrected chi connectivity index (χ4v) is 1.98. The molecule has 108 valence electrons. The van der Waals surface area contributed by atoms with Crippen LogP contribution in [0.4, 0.5) is 13.2 Å². The van der Waals surface area contributed by atoms with Crippen molar-refractivity contribution in [2.24, 2.45) is 0 Å². The predicted molar refractivity (Wildman–Crippen MR) is 65.7 cm³/mol. The van der Waals surface area contributed by atoms with Gasteiger partial charge in [0.2, 0.25) is 0 Å². The Hall–Kier alpha value is -0.830. The molecule has 8 heteroatoms. The second-order valence-electron chi connectivity index (χ2n) is 3.84. The highest BCUT2D eigenvalue weighted by atomic mass is 79.9. The molecule has 4 nitrogen and oxygen atoms in total. The van der Waals surface area contributed by atoms with Gasteiger partial charge >= 0.3 is 6.36 Å². The molecule has 0 saturated carbocycles. The van der Waals surface area contributed by atoms with E-state index in [1.54, 1.807) is 7.05 Å². The van der Waals surface area contributed by atoms with Gasteiger partial charge in [-0.2, -0.15) is 0 Å². The summed E-state index contributed by atoms with van der Waals surface area (Å²) in [4.78, 5) is 0. The Balaban J connectivity index is 2.96. The van der Waals surface area contributed by atoms with Gasteiger partial charge in [-0.05, 0) is 30.8 Å². The van der Waals surface area contributed by atoms with Crippen molar-refractivity contribution in [1.29, 1.82) is 0 Å². The molecule has 0 aliphatic carbocycles. The number of halogens is 4. The first-order chi connectivity index (χ1) is 8.73. The van der Waals surface area contributed by atoms with Crippen molar-refractivity contribution in [2.75, 3.05) is 13.6 Å². The molecule has 1 aromatic rings. The second kappa shape index (κ2) is 6.56. The van der Waals surface area contributed by atoms with E-state index in [2.05, 4.69) is 26.0 Å². The minimum atomic E-state index is -4.81. The Labute approximate surface area is 116 Å². The summed E-state index contributed by atoms with van der Waals surface area (Å²) in [6.07, 6.45) is -7.27. The number of benzene rings is 1. The number of hydrogen-bond acceptors (Lipinski definition) is 4. The van der Waals surface area contributed by atoms with E-state index in [9.17, 15) is 23.4 Å². The maximum absolute atomic E-state index is 12.1. The van der Waals surface area contributed by atoms with E-state index in [1.165, 1.54) is 6.07 Å². The molecular formula is C11H13BrF3NO3. The van der Waals surface area contributed by atoms with Gasteiger partial charge in [0, 0.05) is 11.0 Å². The first-order valence-corrected chi connectivity index (χ1v) is 6.09. The summed E-state index contributed by atoms with van der Waals surface area (Å²) in [5.41, 5.74) is 0.122. The number of hydrogen-bond donors (Lipinski definition) is 3. The molecule has 0 aromatic heterocycles. The Morgan fingerprint density at radius 2 is 1.95 bits per heavy atom. The summed E-state index contributed by atoms with van der Waals surface area (Å²) in [5, 5.41) is 22.1. The zero-order chi connectivity index (χ0) is 14.6. The standard InChI is InChI=1S/C11H13BrF3NO3/c1-16-5-9(17)10(18)6-2-7(12)4-8(3-6)19-11(13,14)15/h2-4,9-10,16-18H,5H2,1H3. The van der Waals surface area contributed by atoms with Crippen LogP contribution in [0.1, 0.15) is 11.7 Å². The highest BCUT2D eigenvalue weighted by molar-refractivity contribution is 9.10. The third-order valence-electron chi connectivity index (χ3n) is 2.25. The maximum Gasteiger partial charge on any atom is 0.573 e. The Bertz CT molecular complexity index is 428.